The summed E-state index contributed by atoms with van der Waals surface area (Å²) in [5.74, 6) is 5.87. The number of rotatable bonds is 1. The minimum Gasteiger partial charge on any atom is -0.392 e. The highest BCUT2D eigenvalue weighted by Crippen LogP contribution is 2.06. The van der Waals surface area contributed by atoms with Crippen molar-refractivity contribution < 1.29 is 5.11 Å². The van der Waals surface area contributed by atoms with Crippen LogP contribution >= 0.6 is 0 Å². The first-order valence-corrected chi connectivity index (χ1v) is 4.87. The van der Waals surface area contributed by atoms with Crippen LogP contribution in [0, 0.1) is 11.8 Å². The van der Waals surface area contributed by atoms with Gasteiger partial charge in [-0.3, -0.25) is 4.98 Å². The zero-order valence-corrected chi connectivity index (χ0v) is 8.59. The second kappa shape index (κ2) is 5.06. The van der Waals surface area contributed by atoms with Gasteiger partial charge in [0.05, 0.1) is 12.8 Å². The summed E-state index contributed by atoms with van der Waals surface area (Å²) in [6, 6.07) is 7.48. The second-order valence-electron chi connectivity index (χ2n) is 3.16. The Balaban J connectivity index is 2.31. The molecule has 1 heterocycles. The number of nitrogens with zero attached hydrogens (tertiary/aromatic N) is 2. The fraction of sp³-hybridized carbons (Fsp3) is 0.0769. The number of benzene rings is 1. The number of hydrogen-bond acceptors (Lipinski definition) is 3. The molecule has 0 radical (unpaired) electrons. The molecule has 16 heavy (non-hydrogen) atoms. The van der Waals surface area contributed by atoms with Gasteiger partial charge in [-0.2, -0.15) is 0 Å². The molecule has 0 aliphatic carbocycles. The van der Waals surface area contributed by atoms with Crippen LogP contribution in [-0.2, 0) is 6.61 Å². The maximum atomic E-state index is 9.12. The standard InChI is InChI=1S/C13H10N2O/c16-10-12-4-2-1-3-11(12)5-6-13-9-14-7-8-15-13/h1-4,7-9,16H,10H2. The van der Waals surface area contributed by atoms with Crippen molar-refractivity contribution in [2.24, 2.45) is 0 Å². The summed E-state index contributed by atoms with van der Waals surface area (Å²) in [5, 5.41) is 9.12. The van der Waals surface area contributed by atoms with Gasteiger partial charge in [0, 0.05) is 18.0 Å². The molecule has 3 heteroatoms. The lowest BCUT2D eigenvalue weighted by Crippen LogP contribution is -1.88. The highest BCUT2D eigenvalue weighted by atomic mass is 16.3. The molecule has 0 unspecified atom stereocenters. The molecule has 1 N–H and O–H groups in total. The molecule has 0 bridgehead atoms. The SMILES string of the molecule is OCc1ccccc1C#Cc1cnccn1. The van der Waals surface area contributed by atoms with E-state index in [1.165, 1.54) is 0 Å². The molecular formula is C13H10N2O. The van der Waals surface area contributed by atoms with Crippen molar-refractivity contribution in [1.82, 2.24) is 9.97 Å². The third-order valence-electron chi connectivity index (χ3n) is 2.08. The van der Waals surface area contributed by atoms with Crippen molar-refractivity contribution in [1.29, 1.82) is 0 Å². The van der Waals surface area contributed by atoms with E-state index in [2.05, 4.69) is 21.8 Å². The predicted molar refractivity (Wildman–Crippen MR) is 60.4 cm³/mol. The van der Waals surface area contributed by atoms with Gasteiger partial charge in [0.2, 0.25) is 0 Å². The van der Waals surface area contributed by atoms with Gasteiger partial charge in [-0.1, -0.05) is 24.1 Å². The van der Waals surface area contributed by atoms with Gasteiger partial charge in [0.25, 0.3) is 0 Å². The van der Waals surface area contributed by atoms with Gasteiger partial charge in [-0.05, 0) is 17.6 Å². The van der Waals surface area contributed by atoms with E-state index in [0.717, 1.165) is 11.1 Å². The highest BCUT2D eigenvalue weighted by Gasteiger charge is 1.95. The lowest BCUT2D eigenvalue weighted by molar-refractivity contribution is 0.281. The van der Waals surface area contributed by atoms with Crippen LogP contribution < -0.4 is 0 Å². The average Bonchev–Trinajstić information content (AvgIpc) is 2.38. The Kier molecular flexibility index (Phi) is 3.27. The summed E-state index contributed by atoms with van der Waals surface area (Å²) in [4.78, 5) is 7.98. The van der Waals surface area contributed by atoms with Crippen molar-refractivity contribution in [3.8, 4) is 11.8 Å². The number of aliphatic hydroxyl groups is 1. The molecule has 0 spiro atoms. The Hall–Kier alpha value is -2.18. The van der Waals surface area contributed by atoms with Gasteiger partial charge < -0.3 is 5.11 Å². The van der Waals surface area contributed by atoms with Gasteiger partial charge in [-0.15, -0.1) is 0 Å². The molecule has 1 aromatic carbocycles. The fourth-order valence-corrected chi connectivity index (χ4v) is 1.28. The van der Waals surface area contributed by atoms with Crippen LogP contribution in [0.2, 0.25) is 0 Å². The molecule has 0 aliphatic heterocycles. The van der Waals surface area contributed by atoms with E-state index in [1.807, 2.05) is 24.3 Å². The summed E-state index contributed by atoms with van der Waals surface area (Å²) >= 11 is 0. The quantitative estimate of drug-likeness (QED) is 0.723. The second-order valence-corrected chi connectivity index (χ2v) is 3.16. The normalized spacial score (nSPS) is 9.31. The summed E-state index contributed by atoms with van der Waals surface area (Å²) in [6.45, 7) is -0.00861. The smallest absolute Gasteiger partial charge is 0.131 e. The Morgan fingerprint density at radius 1 is 1.12 bits per heavy atom. The summed E-state index contributed by atoms with van der Waals surface area (Å²) < 4.78 is 0. The van der Waals surface area contributed by atoms with Gasteiger partial charge >= 0.3 is 0 Å². The molecular weight excluding hydrogens is 200 g/mol. The van der Waals surface area contributed by atoms with E-state index in [0.29, 0.717) is 5.69 Å². The number of hydrogen-bond donors (Lipinski definition) is 1. The summed E-state index contributed by atoms with van der Waals surface area (Å²) in [7, 11) is 0. The zero-order valence-electron chi connectivity index (χ0n) is 8.59. The average molecular weight is 210 g/mol. The monoisotopic (exact) mass is 210 g/mol. The molecule has 3 nitrogen and oxygen atoms in total. The van der Waals surface area contributed by atoms with E-state index in [1.54, 1.807) is 18.6 Å². The molecule has 0 aliphatic rings. The van der Waals surface area contributed by atoms with E-state index >= 15 is 0 Å². The van der Waals surface area contributed by atoms with Crippen LogP contribution in [0.25, 0.3) is 0 Å². The first kappa shape index (κ1) is 10.3. The Labute approximate surface area is 93.8 Å². The maximum absolute atomic E-state index is 9.12. The molecule has 2 aromatic rings. The first-order chi connectivity index (χ1) is 7.90. The van der Waals surface area contributed by atoms with Crippen molar-refractivity contribution in [2.45, 2.75) is 6.61 Å². The fourth-order valence-electron chi connectivity index (χ4n) is 1.28. The van der Waals surface area contributed by atoms with Crippen molar-refractivity contribution in [3.63, 3.8) is 0 Å². The minimum absolute atomic E-state index is 0.00861. The van der Waals surface area contributed by atoms with E-state index in [9.17, 15) is 0 Å². The van der Waals surface area contributed by atoms with Crippen molar-refractivity contribution in [3.05, 3.63) is 59.7 Å². The van der Waals surface area contributed by atoms with Crippen LogP contribution in [0.15, 0.2) is 42.9 Å². The first-order valence-electron chi connectivity index (χ1n) is 4.87. The van der Waals surface area contributed by atoms with Crippen molar-refractivity contribution >= 4 is 0 Å². The molecule has 0 atom stereocenters. The Morgan fingerprint density at radius 2 is 2.00 bits per heavy atom. The lowest BCUT2D eigenvalue weighted by atomic mass is 10.1. The molecule has 1 aromatic heterocycles. The van der Waals surface area contributed by atoms with Gasteiger partial charge in [0.1, 0.15) is 5.69 Å². The number of aromatic nitrogens is 2. The molecule has 0 amide bonds. The minimum atomic E-state index is -0.00861. The van der Waals surface area contributed by atoms with Crippen LogP contribution in [0.4, 0.5) is 0 Å². The van der Waals surface area contributed by atoms with Gasteiger partial charge in [-0.25, -0.2) is 4.98 Å². The van der Waals surface area contributed by atoms with Gasteiger partial charge in [0.15, 0.2) is 0 Å². The van der Waals surface area contributed by atoms with Crippen molar-refractivity contribution in [2.75, 3.05) is 0 Å². The molecule has 0 saturated heterocycles. The summed E-state index contributed by atoms with van der Waals surface area (Å²) in [5.41, 5.74) is 2.25. The molecule has 78 valence electrons. The topological polar surface area (TPSA) is 46.0 Å². The van der Waals surface area contributed by atoms with Crippen LogP contribution in [0.3, 0.4) is 0 Å². The van der Waals surface area contributed by atoms with E-state index in [-0.39, 0.29) is 6.61 Å². The van der Waals surface area contributed by atoms with E-state index < -0.39 is 0 Å². The Bertz CT molecular complexity index is 526. The van der Waals surface area contributed by atoms with Crippen LogP contribution in [0.1, 0.15) is 16.8 Å². The lowest BCUT2D eigenvalue weighted by Gasteiger charge is -1.98. The zero-order chi connectivity index (χ0) is 11.2. The largest absolute Gasteiger partial charge is 0.392 e. The predicted octanol–water partition coefficient (Wildman–Crippen LogP) is 1.37. The van der Waals surface area contributed by atoms with E-state index in [4.69, 9.17) is 5.11 Å². The third kappa shape index (κ3) is 2.44. The number of aliphatic hydroxyl groups excluding tert-OH is 1. The highest BCUT2D eigenvalue weighted by molar-refractivity contribution is 5.44. The molecule has 0 fully saturated rings. The van der Waals surface area contributed by atoms with Crippen LogP contribution in [0.5, 0.6) is 0 Å². The molecule has 2 rings (SSSR count). The maximum Gasteiger partial charge on any atom is 0.131 e. The van der Waals surface area contributed by atoms with Crippen LogP contribution in [-0.4, -0.2) is 15.1 Å². The summed E-state index contributed by atoms with van der Waals surface area (Å²) in [6.07, 6.45) is 4.81. The molecule has 0 saturated carbocycles. The Morgan fingerprint density at radius 3 is 2.75 bits per heavy atom. The third-order valence-corrected chi connectivity index (χ3v) is 2.08.